The van der Waals surface area contributed by atoms with E-state index in [1.54, 1.807) is 13.8 Å². The number of hydrogen-bond acceptors (Lipinski definition) is 2. The maximum absolute atomic E-state index is 10.4. The van der Waals surface area contributed by atoms with Crippen molar-refractivity contribution in [2.45, 2.75) is 51.6 Å². The summed E-state index contributed by atoms with van der Waals surface area (Å²) in [6, 6.07) is 13.0. The fourth-order valence-electron chi connectivity index (χ4n) is 3.45. The van der Waals surface area contributed by atoms with Crippen LogP contribution in [0.15, 0.2) is 40.9 Å². The molecule has 134 valence electrons. The molecular weight excluding hydrogens is 386 g/mol. The summed E-state index contributed by atoms with van der Waals surface area (Å²) >= 11 is 3.58. The molecule has 0 heterocycles. The fraction of sp³-hybridized carbons (Fsp3) is 0.381. The monoisotopic (exact) mass is 410 g/mol. The number of halogens is 1. The molecule has 0 saturated carbocycles. The molecule has 5 heteroatoms. The average Bonchev–Trinajstić information content (AvgIpc) is 2.85. The Morgan fingerprint density at radius 3 is 2.23 bits per heavy atom. The molecule has 0 radical (unpaired) electrons. The Kier molecular flexibility index (Phi) is 5.11. The van der Waals surface area contributed by atoms with E-state index >= 15 is 0 Å². The van der Waals surface area contributed by atoms with Crippen LogP contribution in [0.1, 0.15) is 44.7 Å². The summed E-state index contributed by atoms with van der Waals surface area (Å²) in [5, 5.41) is 10.4. The number of benzene rings is 2. The van der Waals surface area contributed by atoms with Crippen molar-refractivity contribution in [3.8, 4) is 11.1 Å². The van der Waals surface area contributed by atoms with Crippen LogP contribution < -0.4 is 5.46 Å². The molecule has 1 aliphatic rings. The van der Waals surface area contributed by atoms with E-state index in [-0.39, 0.29) is 12.8 Å². The van der Waals surface area contributed by atoms with Gasteiger partial charge in [-0.2, -0.15) is 0 Å². The third-order valence-corrected chi connectivity index (χ3v) is 6.19. The molecule has 3 rings (SSSR count). The SMILES string of the molecule is B=CC1c2cc(Br)ccc2-c2ccc(B(C)OC(C)(C)C(C)(C)O)cc21. The van der Waals surface area contributed by atoms with E-state index in [2.05, 4.69) is 59.8 Å². The first-order chi connectivity index (χ1) is 12.0. The van der Waals surface area contributed by atoms with Gasteiger partial charge < -0.3 is 0 Å². The first kappa shape index (κ1) is 19.6. The van der Waals surface area contributed by atoms with Crippen molar-refractivity contribution in [1.29, 1.82) is 0 Å². The van der Waals surface area contributed by atoms with Crippen LogP contribution in [-0.2, 0) is 4.65 Å². The Hall–Kier alpha value is -1.16. The van der Waals surface area contributed by atoms with Gasteiger partial charge in [-0.1, -0.05) is 0 Å². The van der Waals surface area contributed by atoms with Gasteiger partial charge in [-0.15, -0.1) is 0 Å². The summed E-state index contributed by atoms with van der Waals surface area (Å²) in [5.74, 6) is 2.19. The van der Waals surface area contributed by atoms with E-state index < -0.39 is 11.2 Å². The Bertz CT molecular complexity index is 856. The van der Waals surface area contributed by atoms with Gasteiger partial charge >= 0.3 is 166 Å². The molecule has 1 atom stereocenters. The average molecular weight is 411 g/mol. The fourth-order valence-corrected chi connectivity index (χ4v) is 3.83. The summed E-state index contributed by atoms with van der Waals surface area (Å²) in [5.41, 5.74) is 4.61. The summed E-state index contributed by atoms with van der Waals surface area (Å²) < 4.78 is 7.31. The van der Waals surface area contributed by atoms with Crippen LogP contribution in [0.5, 0.6) is 0 Å². The quantitative estimate of drug-likeness (QED) is 0.762. The van der Waals surface area contributed by atoms with Gasteiger partial charge in [-0.25, -0.2) is 0 Å². The molecule has 1 N–H and O–H groups in total. The Labute approximate surface area is 166 Å². The molecule has 0 bridgehead atoms. The Morgan fingerprint density at radius 1 is 1.08 bits per heavy atom. The third kappa shape index (κ3) is 3.37. The molecule has 2 nitrogen and oxygen atoms in total. The zero-order valence-corrected chi connectivity index (χ0v) is 17.7. The van der Waals surface area contributed by atoms with Gasteiger partial charge in [0.15, 0.2) is 0 Å². The van der Waals surface area contributed by atoms with Gasteiger partial charge in [0.2, 0.25) is 0 Å². The van der Waals surface area contributed by atoms with Gasteiger partial charge in [0.05, 0.1) is 0 Å². The van der Waals surface area contributed by atoms with Crippen molar-refractivity contribution in [2.75, 3.05) is 0 Å². The molecule has 0 aliphatic heterocycles. The van der Waals surface area contributed by atoms with Gasteiger partial charge in [0.1, 0.15) is 0 Å². The maximum atomic E-state index is 10.4. The molecular formula is C21H25B2BrO2. The minimum atomic E-state index is -0.926. The van der Waals surface area contributed by atoms with E-state index in [0.717, 1.165) is 9.94 Å². The Balaban J connectivity index is 1.97. The summed E-state index contributed by atoms with van der Waals surface area (Å²) in [6.45, 7) is 9.34. The molecule has 1 aliphatic carbocycles. The molecule has 0 spiro atoms. The molecule has 1 unspecified atom stereocenters. The van der Waals surface area contributed by atoms with Crippen LogP contribution in [-0.4, -0.2) is 36.7 Å². The first-order valence-corrected chi connectivity index (χ1v) is 9.81. The zero-order chi connectivity index (χ0) is 19.3. The molecule has 2 aromatic carbocycles. The van der Waals surface area contributed by atoms with E-state index in [9.17, 15) is 5.11 Å². The second-order valence-electron chi connectivity index (χ2n) is 8.12. The molecule has 26 heavy (non-hydrogen) atoms. The number of fused-ring (bicyclic) bond motifs is 3. The van der Waals surface area contributed by atoms with Gasteiger partial charge in [-0.05, 0) is 0 Å². The van der Waals surface area contributed by atoms with Gasteiger partial charge in [0, 0.05) is 0 Å². The predicted octanol–water partition coefficient (Wildman–Crippen LogP) is 3.66. The predicted molar refractivity (Wildman–Crippen MR) is 117 cm³/mol. The molecule has 0 amide bonds. The number of hydrogen-bond donors (Lipinski definition) is 1. The normalized spacial score (nSPS) is 16.2. The second kappa shape index (κ2) is 6.78. The van der Waals surface area contributed by atoms with Crippen LogP contribution in [0.4, 0.5) is 0 Å². The second-order valence-corrected chi connectivity index (χ2v) is 9.04. The molecule has 0 fully saturated rings. The summed E-state index contributed by atoms with van der Waals surface area (Å²) in [6.07, 6.45) is 0. The van der Waals surface area contributed by atoms with Crippen molar-refractivity contribution in [3.63, 3.8) is 0 Å². The van der Waals surface area contributed by atoms with Crippen LogP contribution in [0.25, 0.3) is 11.1 Å². The molecule has 0 aromatic heterocycles. The van der Waals surface area contributed by atoms with Gasteiger partial charge in [0.25, 0.3) is 0 Å². The van der Waals surface area contributed by atoms with Crippen molar-refractivity contribution in [1.82, 2.24) is 0 Å². The van der Waals surface area contributed by atoms with Crippen molar-refractivity contribution < 1.29 is 9.76 Å². The first-order valence-electron chi connectivity index (χ1n) is 9.01. The number of aliphatic hydroxyl groups is 1. The topological polar surface area (TPSA) is 29.5 Å². The van der Waals surface area contributed by atoms with E-state index in [0.29, 0.717) is 0 Å². The van der Waals surface area contributed by atoms with Crippen LogP contribution >= 0.6 is 15.9 Å². The summed E-state index contributed by atoms with van der Waals surface area (Å²) in [4.78, 5) is 0. The third-order valence-electron chi connectivity index (χ3n) is 5.70. The standard InChI is InChI=1S/C21H25B2BrO2/c1-20(2,25)21(3,4)26-23(5)13-6-8-15-16-9-7-14(24)11-18(16)19(12-22)17(15)10-13/h6-12,19,22,25H,1-5H3. The Morgan fingerprint density at radius 2 is 1.65 bits per heavy atom. The minimum absolute atomic E-state index is 0.123. The van der Waals surface area contributed by atoms with Crippen LogP contribution in [0, 0.1) is 0 Å². The zero-order valence-electron chi connectivity index (χ0n) is 16.1. The van der Waals surface area contributed by atoms with Crippen molar-refractivity contribution in [3.05, 3.63) is 52.0 Å². The van der Waals surface area contributed by atoms with E-state index in [1.807, 2.05) is 26.6 Å². The number of rotatable bonds is 5. The van der Waals surface area contributed by atoms with Gasteiger partial charge in [-0.3, -0.25) is 0 Å². The van der Waals surface area contributed by atoms with E-state index in [1.165, 1.54) is 22.3 Å². The van der Waals surface area contributed by atoms with Crippen LogP contribution in [0.2, 0.25) is 6.82 Å². The summed E-state index contributed by atoms with van der Waals surface area (Å²) in [7, 11) is 4.06. The van der Waals surface area contributed by atoms with Crippen LogP contribution in [0.3, 0.4) is 0 Å². The van der Waals surface area contributed by atoms with Crippen molar-refractivity contribution >= 4 is 41.8 Å². The van der Waals surface area contributed by atoms with Crippen molar-refractivity contribution in [2.24, 2.45) is 0 Å². The molecule has 2 aromatic rings. The van der Waals surface area contributed by atoms with E-state index in [4.69, 9.17) is 4.65 Å². The molecule has 0 saturated heterocycles.